The van der Waals surface area contributed by atoms with Gasteiger partial charge in [-0.25, -0.2) is 4.79 Å². The second kappa shape index (κ2) is 5.80. The van der Waals surface area contributed by atoms with Crippen molar-refractivity contribution in [2.24, 2.45) is 0 Å². The predicted molar refractivity (Wildman–Crippen MR) is 88.9 cm³/mol. The van der Waals surface area contributed by atoms with Crippen LogP contribution < -0.4 is 10.8 Å². The van der Waals surface area contributed by atoms with Crippen molar-refractivity contribution >= 4 is 18.7 Å². The van der Waals surface area contributed by atoms with Crippen LogP contribution in [0.1, 0.15) is 47.2 Å². The summed E-state index contributed by atoms with van der Waals surface area (Å²) in [5, 5.41) is 11.4. The molecule has 2 N–H and O–H groups in total. The maximum absolute atomic E-state index is 10.9. The van der Waals surface area contributed by atoms with Crippen LogP contribution in [0.15, 0.2) is 18.3 Å². The number of pyridine rings is 1. The molecule has 0 spiro atoms. The van der Waals surface area contributed by atoms with Gasteiger partial charge in [0.25, 0.3) is 0 Å². The Hall–Kier alpha value is -1.60. The Morgan fingerprint density at radius 1 is 1.30 bits per heavy atom. The van der Waals surface area contributed by atoms with Gasteiger partial charge in [0.2, 0.25) is 0 Å². The molecule has 1 aliphatic heterocycles. The van der Waals surface area contributed by atoms with Crippen molar-refractivity contribution in [2.45, 2.75) is 64.7 Å². The Kier molecular flexibility index (Phi) is 4.48. The standard InChI is InChI=1S/C16H25BN2O4/c1-14(2,19-13(20)21)10-12-9-11(7-8-18-12)17-22-15(3,4)16(5,6)23-17/h7-9,19H,10H2,1-6H3,(H,20,21). The summed E-state index contributed by atoms with van der Waals surface area (Å²) >= 11 is 0. The Labute approximate surface area is 137 Å². The van der Waals surface area contributed by atoms with E-state index in [0.29, 0.717) is 6.42 Å². The number of nitrogens with one attached hydrogen (secondary N) is 1. The highest BCUT2D eigenvalue weighted by Gasteiger charge is 2.51. The average Bonchev–Trinajstić information content (AvgIpc) is 2.56. The van der Waals surface area contributed by atoms with Gasteiger partial charge in [-0.2, -0.15) is 0 Å². The molecule has 0 unspecified atom stereocenters. The van der Waals surface area contributed by atoms with Gasteiger partial charge in [0.1, 0.15) is 0 Å². The van der Waals surface area contributed by atoms with Crippen molar-refractivity contribution in [1.82, 2.24) is 10.3 Å². The number of hydrogen-bond donors (Lipinski definition) is 2. The SMILES string of the molecule is CC(C)(Cc1cc(B2OC(C)(C)C(C)(C)O2)ccn1)NC(=O)O. The molecule has 0 aromatic carbocycles. The summed E-state index contributed by atoms with van der Waals surface area (Å²) in [5.74, 6) is 0. The van der Waals surface area contributed by atoms with Gasteiger partial charge >= 0.3 is 13.2 Å². The zero-order valence-corrected chi connectivity index (χ0v) is 14.6. The lowest BCUT2D eigenvalue weighted by atomic mass is 9.79. The topological polar surface area (TPSA) is 80.7 Å². The fraction of sp³-hybridized carbons (Fsp3) is 0.625. The van der Waals surface area contributed by atoms with Gasteiger partial charge in [0.15, 0.2) is 0 Å². The third kappa shape index (κ3) is 4.03. The second-order valence-corrected chi connectivity index (χ2v) is 7.66. The molecule has 0 atom stereocenters. The lowest BCUT2D eigenvalue weighted by molar-refractivity contribution is 0.00578. The number of amides is 1. The van der Waals surface area contributed by atoms with E-state index in [9.17, 15) is 4.79 Å². The van der Waals surface area contributed by atoms with E-state index in [4.69, 9.17) is 14.4 Å². The van der Waals surface area contributed by atoms with E-state index >= 15 is 0 Å². The first kappa shape index (κ1) is 17.8. The number of rotatable bonds is 4. The molecule has 1 amide bonds. The molecular weight excluding hydrogens is 295 g/mol. The molecule has 2 rings (SSSR count). The number of carbonyl (C=O) groups is 1. The van der Waals surface area contributed by atoms with Crippen LogP contribution in [-0.2, 0) is 15.7 Å². The molecule has 6 nitrogen and oxygen atoms in total. The van der Waals surface area contributed by atoms with E-state index in [-0.39, 0.29) is 0 Å². The maximum atomic E-state index is 10.9. The van der Waals surface area contributed by atoms with E-state index in [2.05, 4.69) is 10.3 Å². The van der Waals surface area contributed by atoms with E-state index in [1.807, 2.05) is 53.7 Å². The van der Waals surface area contributed by atoms with Crippen LogP contribution in [0, 0.1) is 0 Å². The van der Waals surface area contributed by atoms with Gasteiger partial charge in [0.05, 0.1) is 11.2 Å². The fourth-order valence-corrected chi connectivity index (χ4v) is 2.51. The van der Waals surface area contributed by atoms with Gasteiger partial charge in [-0.1, -0.05) is 0 Å². The van der Waals surface area contributed by atoms with Crippen molar-refractivity contribution in [2.75, 3.05) is 0 Å². The number of aromatic nitrogens is 1. The van der Waals surface area contributed by atoms with E-state index in [1.54, 1.807) is 6.20 Å². The summed E-state index contributed by atoms with van der Waals surface area (Å²) in [6.07, 6.45) is 1.14. The largest absolute Gasteiger partial charge is 0.494 e. The molecule has 2 heterocycles. The minimum atomic E-state index is -1.04. The molecule has 1 fully saturated rings. The van der Waals surface area contributed by atoms with Crippen LogP contribution in [0.5, 0.6) is 0 Å². The molecule has 0 bridgehead atoms. The van der Waals surface area contributed by atoms with Crippen LogP contribution in [0.4, 0.5) is 4.79 Å². The highest BCUT2D eigenvalue weighted by molar-refractivity contribution is 6.62. The third-order valence-electron chi connectivity index (χ3n) is 4.43. The van der Waals surface area contributed by atoms with Crippen LogP contribution in [0.25, 0.3) is 0 Å². The van der Waals surface area contributed by atoms with Crippen molar-refractivity contribution in [3.05, 3.63) is 24.0 Å². The Balaban J connectivity index is 2.17. The molecule has 0 saturated carbocycles. The summed E-state index contributed by atoms with van der Waals surface area (Å²) in [7, 11) is -0.447. The molecular formula is C16H25BN2O4. The minimum absolute atomic E-state index is 0.398. The molecule has 126 valence electrons. The van der Waals surface area contributed by atoms with Crippen LogP contribution in [-0.4, -0.2) is 40.0 Å². The highest BCUT2D eigenvalue weighted by Crippen LogP contribution is 2.36. The predicted octanol–water partition coefficient (Wildman–Crippen LogP) is 1.97. The summed E-state index contributed by atoms with van der Waals surface area (Å²) in [5.41, 5.74) is 0.278. The number of carboxylic acid groups (broad SMARTS) is 1. The van der Waals surface area contributed by atoms with Crippen molar-refractivity contribution in [3.63, 3.8) is 0 Å². The van der Waals surface area contributed by atoms with Crippen molar-refractivity contribution < 1.29 is 19.2 Å². The van der Waals surface area contributed by atoms with Gasteiger partial charge in [0, 0.05) is 23.9 Å². The maximum Gasteiger partial charge on any atom is 0.494 e. The summed E-state index contributed by atoms with van der Waals surface area (Å²) in [6, 6.07) is 3.77. The first-order chi connectivity index (χ1) is 10.4. The van der Waals surface area contributed by atoms with Crippen LogP contribution >= 0.6 is 0 Å². The molecule has 1 aromatic heterocycles. The van der Waals surface area contributed by atoms with E-state index in [1.165, 1.54) is 0 Å². The highest BCUT2D eigenvalue weighted by atomic mass is 16.7. The summed E-state index contributed by atoms with van der Waals surface area (Å²) < 4.78 is 12.1. The number of hydrogen-bond acceptors (Lipinski definition) is 4. The Bertz CT molecular complexity index is 585. The molecule has 0 radical (unpaired) electrons. The molecule has 7 heteroatoms. The smallest absolute Gasteiger partial charge is 0.465 e. The molecule has 1 aliphatic rings. The van der Waals surface area contributed by atoms with Gasteiger partial charge in [-0.05, 0) is 59.1 Å². The zero-order valence-electron chi connectivity index (χ0n) is 14.6. The lowest BCUT2D eigenvalue weighted by Gasteiger charge is -2.32. The summed E-state index contributed by atoms with van der Waals surface area (Å²) in [4.78, 5) is 15.2. The molecule has 0 aliphatic carbocycles. The normalized spacial score (nSPS) is 19.7. The molecule has 1 aromatic rings. The summed E-state index contributed by atoms with van der Waals surface area (Å²) in [6.45, 7) is 11.7. The monoisotopic (exact) mass is 320 g/mol. The molecule has 1 saturated heterocycles. The Morgan fingerprint density at radius 3 is 2.39 bits per heavy atom. The quantitative estimate of drug-likeness (QED) is 0.829. The minimum Gasteiger partial charge on any atom is -0.465 e. The van der Waals surface area contributed by atoms with Gasteiger partial charge in [-0.15, -0.1) is 0 Å². The third-order valence-corrected chi connectivity index (χ3v) is 4.43. The lowest BCUT2D eigenvalue weighted by Crippen LogP contribution is -2.45. The van der Waals surface area contributed by atoms with E-state index < -0.39 is 30.0 Å². The van der Waals surface area contributed by atoms with Crippen molar-refractivity contribution in [1.29, 1.82) is 0 Å². The van der Waals surface area contributed by atoms with E-state index in [0.717, 1.165) is 11.2 Å². The second-order valence-electron chi connectivity index (χ2n) is 7.66. The Morgan fingerprint density at radius 2 is 1.87 bits per heavy atom. The van der Waals surface area contributed by atoms with Gasteiger partial charge in [-0.3, -0.25) is 4.98 Å². The number of nitrogens with zero attached hydrogens (tertiary/aromatic N) is 1. The fourth-order valence-electron chi connectivity index (χ4n) is 2.51. The molecule has 23 heavy (non-hydrogen) atoms. The van der Waals surface area contributed by atoms with Crippen LogP contribution in [0.2, 0.25) is 0 Å². The van der Waals surface area contributed by atoms with Gasteiger partial charge < -0.3 is 19.7 Å². The first-order valence-corrected chi connectivity index (χ1v) is 7.73. The van der Waals surface area contributed by atoms with Crippen molar-refractivity contribution in [3.8, 4) is 0 Å². The first-order valence-electron chi connectivity index (χ1n) is 7.73. The average molecular weight is 320 g/mol. The zero-order chi connectivity index (χ0) is 17.5. The van der Waals surface area contributed by atoms with Crippen LogP contribution in [0.3, 0.4) is 0 Å².